The van der Waals surface area contributed by atoms with Gasteiger partial charge in [0.25, 0.3) is 15.6 Å². The number of aromatic amines is 1. The highest BCUT2D eigenvalue weighted by molar-refractivity contribution is 7.91. The second kappa shape index (κ2) is 10.1. The van der Waals surface area contributed by atoms with Crippen molar-refractivity contribution in [2.45, 2.75) is 42.9 Å². The van der Waals surface area contributed by atoms with E-state index >= 15 is 0 Å². The highest BCUT2D eigenvalue weighted by atomic mass is 32.2. The van der Waals surface area contributed by atoms with Crippen LogP contribution in [0.1, 0.15) is 36.1 Å². The molecular formula is C23H26N4O5S2. The normalized spacial score (nSPS) is 14.1. The molecule has 0 saturated carbocycles. The lowest BCUT2D eigenvalue weighted by molar-refractivity contribution is 0.322. The maximum absolute atomic E-state index is 13.1. The molecule has 0 bridgehead atoms. The molecule has 0 radical (unpaired) electrons. The van der Waals surface area contributed by atoms with Crippen molar-refractivity contribution in [2.75, 3.05) is 13.6 Å². The Morgan fingerprint density at radius 3 is 2.62 bits per heavy atom. The minimum Gasteiger partial charge on any atom is -0.411 e. The first-order valence-electron chi connectivity index (χ1n) is 11.0. The molecule has 0 amide bonds. The van der Waals surface area contributed by atoms with E-state index in [0.717, 1.165) is 34.5 Å². The van der Waals surface area contributed by atoms with Crippen molar-refractivity contribution in [3.05, 3.63) is 74.1 Å². The molecule has 180 valence electrons. The molecule has 2 N–H and O–H groups in total. The third-order valence-corrected chi connectivity index (χ3v) is 9.47. The Labute approximate surface area is 201 Å². The average Bonchev–Trinajstić information content (AvgIpc) is 3.33. The van der Waals surface area contributed by atoms with Crippen LogP contribution in [0.15, 0.2) is 55.4 Å². The minimum atomic E-state index is -3.68. The smallest absolute Gasteiger partial charge is 0.328 e. The summed E-state index contributed by atoms with van der Waals surface area (Å²) in [6.45, 7) is 0.585. The second-order valence-corrected chi connectivity index (χ2v) is 11.6. The van der Waals surface area contributed by atoms with Crippen molar-refractivity contribution in [3.63, 3.8) is 0 Å². The third-order valence-electron chi connectivity index (χ3n) is 6.01. The number of H-pyrrole nitrogens is 1. The number of nitrogens with one attached hydrogen (secondary N) is 1. The van der Waals surface area contributed by atoms with Crippen LogP contribution >= 0.6 is 11.3 Å². The predicted molar refractivity (Wildman–Crippen MR) is 132 cm³/mol. The van der Waals surface area contributed by atoms with Gasteiger partial charge in [0.15, 0.2) is 0 Å². The summed E-state index contributed by atoms with van der Waals surface area (Å²) in [5, 5.41) is 11.6. The molecule has 0 atom stereocenters. The fourth-order valence-corrected chi connectivity index (χ4v) is 6.90. The molecule has 11 heteroatoms. The number of nitrogens with zero attached hydrogens (tertiary/aromatic N) is 3. The molecule has 2 aromatic heterocycles. The number of rotatable bonds is 8. The lowest BCUT2D eigenvalue weighted by Crippen LogP contribution is -2.37. The zero-order valence-electron chi connectivity index (χ0n) is 18.7. The van der Waals surface area contributed by atoms with E-state index in [2.05, 4.69) is 10.1 Å². The molecule has 34 heavy (non-hydrogen) atoms. The zero-order valence-corrected chi connectivity index (χ0v) is 20.4. The Morgan fingerprint density at radius 1 is 1.15 bits per heavy atom. The van der Waals surface area contributed by atoms with Gasteiger partial charge < -0.3 is 5.21 Å². The van der Waals surface area contributed by atoms with Gasteiger partial charge in [-0.05, 0) is 55.4 Å². The van der Waals surface area contributed by atoms with Gasteiger partial charge in [-0.25, -0.2) is 17.5 Å². The summed E-state index contributed by atoms with van der Waals surface area (Å²) in [7, 11) is -2.15. The Kier molecular flexibility index (Phi) is 7.15. The van der Waals surface area contributed by atoms with E-state index in [1.54, 1.807) is 28.8 Å². The first kappa shape index (κ1) is 24.1. The number of hydrogen-bond acceptors (Lipinski definition) is 7. The molecule has 1 aromatic carbocycles. The molecule has 1 aliphatic rings. The van der Waals surface area contributed by atoms with Crippen molar-refractivity contribution >= 4 is 27.6 Å². The Hall–Kier alpha value is -3.02. The molecule has 4 rings (SSSR count). The third kappa shape index (κ3) is 4.91. The molecule has 0 aliphatic heterocycles. The number of fused-ring (bicyclic) bond motifs is 1. The van der Waals surface area contributed by atoms with Crippen LogP contribution in [0.2, 0.25) is 0 Å². The summed E-state index contributed by atoms with van der Waals surface area (Å²) in [6.07, 6.45) is 4.98. The van der Waals surface area contributed by atoms with E-state index < -0.39 is 15.7 Å². The van der Waals surface area contributed by atoms with Crippen LogP contribution in [0.3, 0.4) is 0 Å². The number of sulfonamides is 1. The van der Waals surface area contributed by atoms with Crippen LogP contribution in [0.25, 0.3) is 10.4 Å². The van der Waals surface area contributed by atoms with E-state index in [1.807, 2.05) is 12.1 Å². The Balaban J connectivity index is 1.44. The minimum absolute atomic E-state index is 0.240. The second-order valence-electron chi connectivity index (χ2n) is 8.21. The molecule has 9 nitrogen and oxygen atoms in total. The highest BCUT2D eigenvalue weighted by Gasteiger charge is 2.23. The van der Waals surface area contributed by atoms with Crippen molar-refractivity contribution in [3.8, 4) is 10.4 Å². The van der Waals surface area contributed by atoms with E-state index in [1.165, 1.54) is 28.9 Å². The van der Waals surface area contributed by atoms with Gasteiger partial charge in [-0.2, -0.15) is 0 Å². The van der Waals surface area contributed by atoms with Crippen molar-refractivity contribution in [1.29, 1.82) is 0 Å². The molecule has 0 saturated heterocycles. The van der Waals surface area contributed by atoms with Crippen LogP contribution < -0.4 is 11.2 Å². The van der Waals surface area contributed by atoms with Crippen LogP contribution in [0.4, 0.5) is 0 Å². The van der Waals surface area contributed by atoms with Gasteiger partial charge in [0.05, 0.1) is 6.21 Å². The molecule has 0 spiro atoms. The quantitative estimate of drug-likeness (QED) is 0.278. The SMILES string of the molecule is CN(CCCn1c2c(c(=O)[nH]c1=O)CCCC2)S(=O)(=O)c1ccc(-c2ccc(/C=N/O)cc2)s1. The summed E-state index contributed by atoms with van der Waals surface area (Å²) in [5.74, 6) is 0. The lowest BCUT2D eigenvalue weighted by Gasteiger charge is -2.21. The molecule has 2 heterocycles. The van der Waals surface area contributed by atoms with E-state index in [-0.39, 0.29) is 16.3 Å². The molecule has 0 fully saturated rings. The monoisotopic (exact) mass is 502 g/mol. The topological polar surface area (TPSA) is 125 Å². The number of oxime groups is 1. The molecule has 1 aliphatic carbocycles. The summed E-state index contributed by atoms with van der Waals surface area (Å²) in [6, 6.07) is 10.6. The van der Waals surface area contributed by atoms with Gasteiger partial charge in [-0.1, -0.05) is 29.4 Å². The van der Waals surface area contributed by atoms with Crippen LogP contribution in [0, 0.1) is 0 Å². The highest BCUT2D eigenvalue weighted by Crippen LogP contribution is 2.32. The summed E-state index contributed by atoms with van der Waals surface area (Å²) in [4.78, 5) is 27.6. The number of hydrogen-bond donors (Lipinski definition) is 2. The summed E-state index contributed by atoms with van der Waals surface area (Å²) in [5.41, 5.74) is 2.32. The maximum atomic E-state index is 13.1. The van der Waals surface area contributed by atoms with Crippen molar-refractivity contribution < 1.29 is 13.6 Å². The maximum Gasteiger partial charge on any atom is 0.328 e. The fraction of sp³-hybridized carbons (Fsp3) is 0.348. The Morgan fingerprint density at radius 2 is 1.88 bits per heavy atom. The van der Waals surface area contributed by atoms with Gasteiger partial charge in [0.2, 0.25) is 0 Å². The van der Waals surface area contributed by atoms with Gasteiger partial charge in [0, 0.05) is 36.3 Å². The fourth-order valence-electron chi connectivity index (χ4n) is 4.17. The summed E-state index contributed by atoms with van der Waals surface area (Å²) >= 11 is 1.19. The molecule has 0 unspecified atom stereocenters. The van der Waals surface area contributed by atoms with Crippen LogP contribution in [-0.2, 0) is 29.4 Å². The number of benzene rings is 1. The first-order valence-corrected chi connectivity index (χ1v) is 13.3. The van der Waals surface area contributed by atoms with Gasteiger partial charge in [-0.3, -0.25) is 14.3 Å². The summed E-state index contributed by atoms with van der Waals surface area (Å²) < 4.78 is 29.3. The largest absolute Gasteiger partial charge is 0.411 e. The van der Waals surface area contributed by atoms with Crippen LogP contribution in [0.5, 0.6) is 0 Å². The number of thiophene rings is 1. The van der Waals surface area contributed by atoms with Crippen molar-refractivity contribution in [2.24, 2.45) is 5.16 Å². The Bertz CT molecular complexity index is 1420. The first-order chi connectivity index (χ1) is 16.3. The zero-order chi connectivity index (χ0) is 24.3. The molecule has 3 aromatic rings. The average molecular weight is 503 g/mol. The van der Waals surface area contributed by atoms with Crippen molar-refractivity contribution in [1.82, 2.24) is 13.9 Å². The lowest BCUT2D eigenvalue weighted by atomic mass is 9.97. The van der Waals surface area contributed by atoms with E-state index in [9.17, 15) is 18.0 Å². The van der Waals surface area contributed by atoms with Gasteiger partial charge in [-0.15, -0.1) is 11.3 Å². The standard InChI is InChI=1S/C23H26N4O5S2/c1-26(13-4-14-27-19-6-3-2-5-18(19)22(28)25-23(27)29)34(31,32)21-12-11-20(33-21)17-9-7-16(8-10-17)15-24-30/h7-12,15,30H,2-6,13-14H2,1H3,(H,25,28,29)/b24-15+. The number of aromatic nitrogens is 2. The van der Waals surface area contributed by atoms with Gasteiger partial charge in [0.1, 0.15) is 4.21 Å². The molecular weight excluding hydrogens is 476 g/mol. The van der Waals surface area contributed by atoms with Gasteiger partial charge >= 0.3 is 5.69 Å². The van der Waals surface area contributed by atoms with Crippen LogP contribution in [-0.4, -0.2) is 47.3 Å². The van der Waals surface area contributed by atoms with E-state index in [4.69, 9.17) is 5.21 Å². The van der Waals surface area contributed by atoms with E-state index in [0.29, 0.717) is 31.4 Å². The predicted octanol–water partition coefficient (Wildman–Crippen LogP) is 2.66.